The van der Waals surface area contributed by atoms with Crippen LogP contribution in [0.2, 0.25) is 0 Å². The van der Waals surface area contributed by atoms with Crippen LogP contribution in [0.5, 0.6) is 0 Å². The van der Waals surface area contributed by atoms with Gasteiger partial charge in [0.05, 0.1) is 24.3 Å². The van der Waals surface area contributed by atoms with Gasteiger partial charge in [-0.15, -0.1) is 11.3 Å². The largest absolute Gasteiger partial charge is 0.376 e. The lowest BCUT2D eigenvalue weighted by Gasteiger charge is -2.39. The predicted molar refractivity (Wildman–Crippen MR) is 91.0 cm³/mol. The van der Waals surface area contributed by atoms with Crippen molar-refractivity contribution >= 4 is 27.3 Å². The quantitative estimate of drug-likeness (QED) is 0.866. The maximum Gasteiger partial charge on any atom is 0.255 e. The fourth-order valence-electron chi connectivity index (χ4n) is 3.86. The maximum atomic E-state index is 13.1. The third-order valence-corrected chi connectivity index (χ3v) is 5.85. The molecule has 0 N–H and O–H groups in total. The van der Waals surface area contributed by atoms with E-state index in [1.165, 1.54) is 4.70 Å². The number of thiophene rings is 1. The molecule has 1 saturated heterocycles. The van der Waals surface area contributed by atoms with Gasteiger partial charge in [0.1, 0.15) is 6.10 Å². The molecule has 2 aliphatic rings. The third kappa shape index (κ3) is 2.57. The van der Waals surface area contributed by atoms with Gasteiger partial charge in [0.2, 0.25) is 0 Å². The number of ether oxygens (including phenoxy) is 2. The highest BCUT2D eigenvalue weighted by Crippen LogP contribution is 2.34. The van der Waals surface area contributed by atoms with Crippen molar-refractivity contribution in [2.75, 3.05) is 19.8 Å². The average molecular weight is 331 g/mol. The standard InChI is InChI=1S/C18H21NO3S/c1-2-21-15-8-7-14-17(15)22-10-9-19(14)18(20)13-11-23-16-6-4-3-5-12(13)16/h3-6,11,14-15,17H,2,7-10H2,1H3/t14-,15-,17+/m1/s1. The lowest BCUT2D eigenvalue weighted by Crippen LogP contribution is -2.53. The van der Waals surface area contributed by atoms with Crippen LogP contribution < -0.4 is 0 Å². The van der Waals surface area contributed by atoms with E-state index in [0.29, 0.717) is 19.8 Å². The van der Waals surface area contributed by atoms with Gasteiger partial charge < -0.3 is 14.4 Å². The van der Waals surface area contributed by atoms with E-state index in [4.69, 9.17) is 9.47 Å². The van der Waals surface area contributed by atoms with E-state index in [0.717, 1.165) is 23.8 Å². The van der Waals surface area contributed by atoms with Crippen LogP contribution in [0, 0.1) is 0 Å². The minimum Gasteiger partial charge on any atom is -0.376 e. The van der Waals surface area contributed by atoms with E-state index in [1.807, 2.05) is 35.4 Å². The van der Waals surface area contributed by atoms with Crippen molar-refractivity contribution < 1.29 is 14.3 Å². The molecule has 5 heteroatoms. The average Bonchev–Trinajstić information content (AvgIpc) is 3.19. The summed E-state index contributed by atoms with van der Waals surface area (Å²) < 4.78 is 12.9. The van der Waals surface area contributed by atoms with E-state index in [-0.39, 0.29) is 24.2 Å². The summed E-state index contributed by atoms with van der Waals surface area (Å²) >= 11 is 1.64. The zero-order chi connectivity index (χ0) is 15.8. The molecule has 2 aromatic rings. The van der Waals surface area contributed by atoms with Crippen molar-refractivity contribution in [1.82, 2.24) is 4.90 Å². The molecule has 1 amide bonds. The van der Waals surface area contributed by atoms with Crippen LogP contribution in [0.15, 0.2) is 29.6 Å². The lowest BCUT2D eigenvalue weighted by atomic mass is 10.1. The second kappa shape index (κ2) is 6.23. The molecule has 2 fully saturated rings. The highest BCUT2D eigenvalue weighted by Gasteiger charge is 2.45. The van der Waals surface area contributed by atoms with E-state index in [2.05, 4.69) is 6.07 Å². The van der Waals surface area contributed by atoms with Gasteiger partial charge in [0.15, 0.2) is 0 Å². The van der Waals surface area contributed by atoms with E-state index in [9.17, 15) is 4.79 Å². The highest BCUT2D eigenvalue weighted by atomic mass is 32.1. The summed E-state index contributed by atoms with van der Waals surface area (Å²) in [5, 5.41) is 3.05. The van der Waals surface area contributed by atoms with Gasteiger partial charge in [-0.05, 0) is 25.8 Å². The molecule has 1 aliphatic heterocycles. The van der Waals surface area contributed by atoms with Gasteiger partial charge in [0.25, 0.3) is 5.91 Å². The van der Waals surface area contributed by atoms with Crippen molar-refractivity contribution in [2.45, 2.75) is 38.0 Å². The summed E-state index contributed by atoms with van der Waals surface area (Å²) in [6, 6.07) is 8.26. The number of hydrogen-bond acceptors (Lipinski definition) is 4. The summed E-state index contributed by atoms with van der Waals surface area (Å²) in [5.74, 6) is 0.137. The molecule has 0 unspecified atom stereocenters. The fourth-order valence-corrected chi connectivity index (χ4v) is 4.79. The first-order valence-electron chi connectivity index (χ1n) is 8.30. The Hall–Kier alpha value is -1.43. The van der Waals surface area contributed by atoms with E-state index in [1.54, 1.807) is 11.3 Å². The highest BCUT2D eigenvalue weighted by molar-refractivity contribution is 7.17. The van der Waals surface area contributed by atoms with Crippen LogP contribution >= 0.6 is 11.3 Å². The molecule has 1 aliphatic carbocycles. The van der Waals surface area contributed by atoms with Crippen molar-refractivity contribution in [1.29, 1.82) is 0 Å². The Morgan fingerprint density at radius 2 is 2.26 bits per heavy atom. The van der Waals surface area contributed by atoms with Gasteiger partial charge in [0, 0.05) is 28.6 Å². The van der Waals surface area contributed by atoms with Crippen LogP contribution in [0.4, 0.5) is 0 Å². The van der Waals surface area contributed by atoms with Crippen LogP contribution in [0.3, 0.4) is 0 Å². The zero-order valence-corrected chi connectivity index (χ0v) is 14.1. The van der Waals surface area contributed by atoms with Crippen LogP contribution in [-0.4, -0.2) is 48.8 Å². The number of nitrogens with zero attached hydrogens (tertiary/aromatic N) is 1. The van der Waals surface area contributed by atoms with Gasteiger partial charge in [-0.25, -0.2) is 0 Å². The molecule has 3 atom stereocenters. The van der Waals surface area contributed by atoms with Crippen LogP contribution in [-0.2, 0) is 9.47 Å². The first-order chi connectivity index (χ1) is 11.3. The van der Waals surface area contributed by atoms with Gasteiger partial charge in [-0.1, -0.05) is 18.2 Å². The number of benzene rings is 1. The van der Waals surface area contributed by atoms with Gasteiger partial charge >= 0.3 is 0 Å². The van der Waals surface area contributed by atoms with Crippen molar-refractivity contribution in [3.05, 3.63) is 35.2 Å². The Bertz CT molecular complexity index is 713. The van der Waals surface area contributed by atoms with Crippen LogP contribution in [0.1, 0.15) is 30.1 Å². The number of rotatable bonds is 3. The molecule has 4 rings (SSSR count). The smallest absolute Gasteiger partial charge is 0.255 e. The van der Waals surface area contributed by atoms with Crippen molar-refractivity contribution in [2.24, 2.45) is 0 Å². The molecule has 4 nitrogen and oxygen atoms in total. The number of carbonyl (C=O) groups excluding carboxylic acids is 1. The number of fused-ring (bicyclic) bond motifs is 2. The Morgan fingerprint density at radius 1 is 1.39 bits per heavy atom. The summed E-state index contributed by atoms with van der Waals surface area (Å²) in [6.07, 6.45) is 2.08. The molecule has 1 saturated carbocycles. The summed E-state index contributed by atoms with van der Waals surface area (Å²) in [7, 11) is 0. The molecule has 23 heavy (non-hydrogen) atoms. The van der Waals surface area contributed by atoms with Gasteiger partial charge in [-0.3, -0.25) is 4.79 Å². The van der Waals surface area contributed by atoms with Crippen molar-refractivity contribution in [3.63, 3.8) is 0 Å². The summed E-state index contributed by atoms with van der Waals surface area (Å²) in [6.45, 7) is 3.97. The second-order valence-corrected chi connectivity index (χ2v) is 7.03. The van der Waals surface area contributed by atoms with Gasteiger partial charge in [-0.2, -0.15) is 0 Å². The van der Waals surface area contributed by atoms with E-state index >= 15 is 0 Å². The summed E-state index contributed by atoms with van der Waals surface area (Å²) in [5.41, 5.74) is 0.825. The molecule has 0 spiro atoms. The third-order valence-electron chi connectivity index (χ3n) is 4.89. The molecule has 122 valence electrons. The minimum absolute atomic E-state index is 0.0255. The predicted octanol–water partition coefficient (Wildman–Crippen LogP) is 3.31. The number of hydrogen-bond donors (Lipinski definition) is 0. The minimum atomic E-state index is 0.0255. The Kier molecular flexibility index (Phi) is 4.09. The number of morpholine rings is 1. The lowest BCUT2D eigenvalue weighted by molar-refractivity contribution is -0.102. The number of carbonyl (C=O) groups is 1. The van der Waals surface area contributed by atoms with E-state index < -0.39 is 0 Å². The molecular formula is C18H21NO3S. The fraction of sp³-hybridized carbons (Fsp3) is 0.500. The second-order valence-electron chi connectivity index (χ2n) is 6.12. The Morgan fingerprint density at radius 3 is 3.13 bits per heavy atom. The molecule has 1 aromatic carbocycles. The zero-order valence-electron chi connectivity index (χ0n) is 13.2. The topological polar surface area (TPSA) is 38.8 Å². The molecular weight excluding hydrogens is 310 g/mol. The molecule has 0 radical (unpaired) electrons. The first kappa shape index (κ1) is 15.1. The molecule has 1 aromatic heterocycles. The normalized spacial score (nSPS) is 27.3. The Labute approximate surface area is 140 Å². The molecule has 0 bridgehead atoms. The Balaban J connectivity index is 1.61. The first-order valence-corrected chi connectivity index (χ1v) is 9.18. The maximum absolute atomic E-state index is 13.1. The monoisotopic (exact) mass is 331 g/mol. The van der Waals surface area contributed by atoms with Crippen molar-refractivity contribution in [3.8, 4) is 0 Å². The summed E-state index contributed by atoms with van der Waals surface area (Å²) in [4.78, 5) is 15.1. The molecule has 2 heterocycles. The number of amides is 1. The SMILES string of the molecule is CCO[C@@H]1CC[C@@H]2[C@@H]1OCCN2C(=O)c1csc2ccccc12. The van der Waals surface area contributed by atoms with Crippen LogP contribution in [0.25, 0.3) is 10.1 Å².